The molecule has 2 aromatic carbocycles. The van der Waals surface area contributed by atoms with Crippen LogP contribution in [0, 0.1) is 0 Å². The van der Waals surface area contributed by atoms with Gasteiger partial charge in [-0.05, 0) is 49.2 Å². The summed E-state index contributed by atoms with van der Waals surface area (Å²) in [7, 11) is -2.29. The molecule has 1 aliphatic carbocycles. The molecule has 0 amide bonds. The number of carbonyl (C=O) groups is 1. The molecule has 0 aliphatic heterocycles. The van der Waals surface area contributed by atoms with Crippen molar-refractivity contribution in [3.05, 3.63) is 52.0 Å². The maximum atomic E-state index is 12.4. The topological polar surface area (TPSA) is 90.9 Å². The van der Waals surface area contributed by atoms with Gasteiger partial charge in [-0.2, -0.15) is 0 Å². The first-order valence-electron chi connectivity index (χ1n) is 8.75. The van der Waals surface area contributed by atoms with Crippen LogP contribution in [0.1, 0.15) is 23.2 Å². The number of halogens is 2. The first-order chi connectivity index (χ1) is 13.8. The molecular weight excluding hydrogens is 441 g/mol. The van der Waals surface area contributed by atoms with Crippen LogP contribution in [0.15, 0.2) is 41.3 Å². The molecule has 29 heavy (non-hydrogen) atoms. The molecule has 1 saturated carbocycles. The number of esters is 1. The van der Waals surface area contributed by atoms with Gasteiger partial charge in [0.25, 0.3) is 0 Å². The summed E-state index contributed by atoms with van der Waals surface area (Å²) in [4.78, 5) is 12.1. The number of carbonyl (C=O) groups excluding carboxylic acids is 1. The van der Waals surface area contributed by atoms with Crippen molar-refractivity contribution in [1.82, 2.24) is 4.72 Å². The number of hydrogen-bond donors (Lipinski definition) is 1. The maximum Gasteiger partial charge on any atom is 0.339 e. The van der Waals surface area contributed by atoms with E-state index in [1.807, 2.05) is 0 Å². The standard InChI is InChI=1S/C19H19Cl2NO6S/c1-26-13-4-6-14(7-5-13)27-8-9-28-19(23)15-10-18(17(21)11-16(15)20)29(24,25)22-12-2-3-12/h4-7,10-12,22H,2-3,8-9H2,1H3. The lowest BCUT2D eigenvalue weighted by molar-refractivity contribution is 0.0450. The first kappa shape index (κ1) is 21.7. The minimum absolute atomic E-state index is 0.00134. The summed E-state index contributed by atoms with van der Waals surface area (Å²) in [6.07, 6.45) is 1.54. The van der Waals surface area contributed by atoms with Gasteiger partial charge in [-0.1, -0.05) is 23.2 Å². The van der Waals surface area contributed by atoms with Crippen LogP contribution in [0.25, 0.3) is 0 Å². The van der Waals surface area contributed by atoms with Gasteiger partial charge in [0.15, 0.2) is 0 Å². The average Bonchev–Trinajstić information content (AvgIpc) is 3.48. The van der Waals surface area contributed by atoms with Gasteiger partial charge in [0.2, 0.25) is 10.0 Å². The summed E-state index contributed by atoms with van der Waals surface area (Å²) < 4.78 is 43.1. The molecule has 0 aromatic heterocycles. The van der Waals surface area contributed by atoms with Crippen molar-refractivity contribution in [3.8, 4) is 11.5 Å². The van der Waals surface area contributed by atoms with Crippen LogP contribution >= 0.6 is 23.2 Å². The Bertz CT molecular complexity index is 991. The number of sulfonamides is 1. The summed E-state index contributed by atoms with van der Waals surface area (Å²) in [6.45, 7) is 0.0594. The molecule has 0 radical (unpaired) electrons. The first-order valence-corrected chi connectivity index (χ1v) is 11.0. The van der Waals surface area contributed by atoms with E-state index in [-0.39, 0.29) is 39.8 Å². The molecule has 1 N–H and O–H groups in total. The molecule has 0 atom stereocenters. The second-order valence-electron chi connectivity index (χ2n) is 6.32. The Hall–Kier alpha value is -2.00. The molecule has 1 aliphatic rings. The van der Waals surface area contributed by atoms with E-state index in [4.69, 9.17) is 37.4 Å². The molecule has 0 unspecified atom stereocenters. The third-order valence-electron chi connectivity index (χ3n) is 4.07. The van der Waals surface area contributed by atoms with E-state index >= 15 is 0 Å². The van der Waals surface area contributed by atoms with E-state index in [2.05, 4.69) is 4.72 Å². The summed E-state index contributed by atoms with van der Waals surface area (Å²) >= 11 is 12.1. The molecular formula is C19H19Cl2NO6S. The molecule has 156 valence electrons. The van der Waals surface area contributed by atoms with E-state index in [1.54, 1.807) is 31.4 Å². The second kappa shape index (κ2) is 9.21. The zero-order valence-electron chi connectivity index (χ0n) is 15.5. The zero-order valence-corrected chi connectivity index (χ0v) is 17.8. The SMILES string of the molecule is COc1ccc(OCCOC(=O)c2cc(S(=O)(=O)NC3CC3)c(Cl)cc2Cl)cc1. The van der Waals surface area contributed by atoms with Gasteiger partial charge in [0.05, 0.1) is 22.7 Å². The predicted octanol–water partition coefficient (Wildman–Crippen LogP) is 3.68. The minimum atomic E-state index is -3.85. The molecule has 0 spiro atoms. The van der Waals surface area contributed by atoms with Crippen LogP contribution in [0.5, 0.6) is 11.5 Å². The Morgan fingerprint density at radius 1 is 1.07 bits per heavy atom. The molecule has 7 nitrogen and oxygen atoms in total. The Morgan fingerprint density at radius 2 is 1.72 bits per heavy atom. The molecule has 1 fully saturated rings. The van der Waals surface area contributed by atoms with Crippen LogP contribution in [0.3, 0.4) is 0 Å². The van der Waals surface area contributed by atoms with Crippen molar-refractivity contribution >= 4 is 39.2 Å². The van der Waals surface area contributed by atoms with Gasteiger partial charge in [-0.15, -0.1) is 0 Å². The number of rotatable bonds is 9. The van der Waals surface area contributed by atoms with E-state index < -0.39 is 16.0 Å². The number of hydrogen-bond acceptors (Lipinski definition) is 6. The highest BCUT2D eigenvalue weighted by Crippen LogP contribution is 2.31. The Balaban J connectivity index is 1.61. The minimum Gasteiger partial charge on any atom is -0.497 e. The monoisotopic (exact) mass is 459 g/mol. The fraction of sp³-hybridized carbons (Fsp3) is 0.316. The van der Waals surface area contributed by atoms with Crippen LogP contribution in [0.4, 0.5) is 0 Å². The molecule has 10 heteroatoms. The van der Waals surface area contributed by atoms with Gasteiger partial charge >= 0.3 is 5.97 Å². The highest BCUT2D eigenvalue weighted by molar-refractivity contribution is 7.89. The Kier molecular flexibility index (Phi) is 6.89. The van der Waals surface area contributed by atoms with Crippen molar-refractivity contribution in [2.75, 3.05) is 20.3 Å². The second-order valence-corrected chi connectivity index (χ2v) is 8.81. The van der Waals surface area contributed by atoms with Crippen molar-refractivity contribution < 1.29 is 27.4 Å². The maximum absolute atomic E-state index is 12.4. The molecule has 2 aromatic rings. The third-order valence-corrected chi connectivity index (χ3v) is 6.37. The van der Waals surface area contributed by atoms with Gasteiger partial charge < -0.3 is 14.2 Å². The molecule has 3 rings (SSSR count). The molecule has 0 bridgehead atoms. The van der Waals surface area contributed by atoms with E-state index in [0.717, 1.165) is 18.9 Å². The van der Waals surface area contributed by atoms with Crippen molar-refractivity contribution in [3.63, 3.8) is 0 Å². The van der Waals surface area contributed by atoms with E-state index in [9.17, 15) is 13.2 Å². The Morgan fingerprint density at radius 3 is 2.34 bits per heavy atom. The van der Waals surface area contributed by atoms with Gasteiger partial charge in [-0.3, -0.25) is 0 Å². The fourth-order valence-electron chi connectivity index (χ4n) is 2.42. The number of benzene rings is 2. The van der Waals surface area contributed by atoms with Crippen LogP contribution in [0.2, 0.25) is 10.0 Å². The molecule has 0 saturated heterocycles. The smallest absolute Gasteiger partial charge is 0.339 e. The van der Waals surface area contributed by atoms with Gasteiger partial charge in [-0.25, -0.2) is 17.9 Å². The van der Waals surface area contributed by atoms with Crippen LogP contribution < -0.4 is 14.2 Å². The highest BCUT2D eigenvalue weighted by Gasteiger charge is 2.30. The highest BCUT2D eigenvalue weighted by atomic mass is 35.5. The summed E-state index contributed by atoms with van der Waals surface area (Å²) in [5.74, 6) is 0.516. The third kappa shape index (κ3) is 5.76. The summed E-state index contributed by atoms with van der Waals surface area (Å²) in [5.41, 5.74) is -0.0864. The zero-order chi connectivity index (χ0) is 21.0. The van der Waals surface area contributed by atoms with Crippen LogP contribution in [-0.2, 0) is 14.8 Å². The largest absolute Gasteiger partial charge is 0.497 e. The van der Waals surface area contributed by atoms with Crippen molar-refractivity contribution in [2.45, 2.75) is 23.8 Å². The van der Waals surface area contributed by atoms with E-state index in [1.165, 1.54) is 6.07 Å². The normalized spacial score (nSPS) is 13.8. The van der Waals surface area contributed by atoms with Gasteiger partial charge in [0.1, 0.15) is 29.6 Å². The number of nitrogens with one attached hydrogen (secondary N) is 1. The summed E-state index contributed by atoms with van der Waals surface area (Å²) in [5, 5.41) is -0.0658. The van der Waals surface area contributed by atoms with Crippen molar-refractivity contribution in [2.24, 2.45) is 0 Å². The average molecular weight is 460 g/mol. The lowest BCUT2D eigenvalue weighted by Crippen LogP contribution is -2.26. The van der Waals surface area contributed by atoms with Crippen LogP contribution in [-0.4, -0.2) is 40.8 Å². The Labute approximate surface area is 178 Å². The molecule has 0 heterocycles. The number of ether oxygens (including phenoxy) is 3. The van der Waals surface area contributed by atoms with Crippen molar-refractivity contribution in [1.29, 1.82) is 0 Å². The lowest BCUT2D eigenvalue weighted by Gasteiger charge is -2.12. The van der Waals surface area contributed by atoms with Gasteiger partial charge in [0, 0.05) is 6.04 Å². The van der Waals surface area contributed by atoms with E-state index in [0.29, 0.717) is 11.5 Å². The quantitative estimate of drug-likeness (QED) is 0.454. The fourth-order valence-corrected chi connectivity index (χ4v) is 4.57. The predicted molar refractivity (Wildman–Crippen MR) is 109 cm³/mol. The summed E-state index contributed by atoms with van der Waals surface area (Å²) in [6, 6.07) is 9.18. The lowest BCUT2D eigenvalue weighted by atomic mass is 10.2. The number of methoxy groups -OCH3 is 1.